The molecule has 0 saturated carbocycles. The van der Waals surface area contributed by atoms with Gasteiger partial charge in [-0.25, -0.2) is 10.4 Å². The molecule has 1 N–H and O–H groups in total. The lowest BCUT2D eigenvalue weighted by Gasteiger charge is -2.17. The lowest BCUT2D eigenvalue weighted by molar-refractivity contribution is -0.618. The van der Waals surface area contributed by atoms with E-state index in [4.69, 9.17) is 16.5 Å². The SMILES string of the molecule is COc1cccc(N[N+]2(Cl)C=CN=C2)c1. The molecule has 1 aliphatic heterocycles. The van der Waals surface area contributed by atoms with Crippen LogP contribution in [0.5, 0.6) is 5.75 Å². The van der Waals surface area contributed by atoms with E-state index in [9.17, 15) is 0 Å². The first kappa shape index (κ1) is 10.0. The molecule has 78 valence electrons. The Bertz CT molecular complexity index is 405. The molecule has 1 atom stereocenters. The Morgan fingerprint density at radius 3 is 3.00 bits per heavy atom. The van der Waals surface area contributed by atoms with Crippen LogP contribution in [0.2, 0.25) is 0 Å². The fraction of sp³-hybridized carbons (Fsp3) is 0.100. The molecular weight excluding hydrogens is 214 g/mol. The van der Waals surface area contributed by atoms with Gasteiger partial charge in [0.15, 0.2) is 6.20 Å². The molecule has 1 unspecified atom stereocenters. The zero-order valence-electron chi connectivity index (χ0n) is 8.22. The third kappa shape index (κ3) is 2.29. The maximum Gasteiger partial charge on any atom is 0.238 e. The Morgan fingerprint density at radius 2 is 2.33 bits per heavy atom. The van der Waals surface area contributed by atoms with E-state index < -0.39 is 0 Å². The minimum atomic E-state index is -0.0623. The monoisotopic (exact) mass is 224 g/mol. The van der Waals surface area contributed by atoms with Gasteiger partial charge >= 0.3 is 0 Å². The van der Waals surface area contributed by atoms with Crippen molar-refractivity contribution in [3.8, 4) is 5.75 Å². The number of benzene rings is 1. The molecule has 15 heavy (non-hydrogen) atoms. The van der Waals surface area contributed by atoms with Crippen LogP contribution < -0.4 is 10.2 Å². The standard InChI is InChI=1S/C10H11ClN3O/c1-15-10-4-2-3-9(7-10)13-14(11)6-5-12-8-14/h2-8,13H,1H3/q+1. The van der Waals surface area contributed by atoms with Crippen molar-refractivity contribution in [3.05, 3.63) is 36.7 Å². The first-order valence-electron chi connectivity index (χ1n) is 4.44. The van der Waals surface area contributed by atoms with Crippen molar-refractivity contribution in [2.75, 3.05) is 12.5 Å². The molecule has 1 aliphatic rings. The van der Waals surface area contributed by atoms with Crippen molar-refractivity contribution < 1.29 is 8.85 Å². The van der Waals surface area contributed by atoms with Crippen LogP contribution >= 0.6 is 11.8 Å². The number of methoxy groups -OCH3 is 1. The minimum Gasteiger partial charge on any atom is -0.497 e. The lowest BCUT2D eigenvalue weighted by atomic mass is 10.3. The van der Waals surface area contributed by atoms with Crippen molar-refractivity contribution in [1.82, 2.24) is 0 Å². The Hall–Kier alpha value is -1.52. The van der Waals surface area contributed by atoms with E-state index in [0.717, 1.165) is 11.4 Å². The molecule has 2 rings (SSSR count). The number of rotatable bonds is 3. The van der Waals surface area contributed by atoms with Crippen LogP contribution in [0.15, 0.2) is 41.7 Å². The molecule has 0 radical (unpaired) electrons. The number of ether oxygens (including phenoxy) is 1. The van der Waals surface area contributed by atoms with Crippen molar-refractivity contribution in [2.24, 2.45) is 4.99 Å². The normalized spacial score (nSPS) is 23.1. The zero-order chi connectivity index (χ0) is 10.7. The van der Waals surface area contributed by atoms with E-state index in [-0.39, 0.29) is 4.11 Å². The van der Waals surface area contributed by atoms with Gasteiger partial charge in [0.1, 0.15) is 5.75 Å². The van der Waals surface area contributed by atoms with Crippen molar-refractivity contribution in [2.45, 2.75) is 0 Å². The number of nitrogens with one attached hydrogen (secondary N) is 1. The Balaban J connectivity index is 2.17. The second kappa shape index (κ2) is 3.92. The molecule has 0 aromatic heterocycles. The van der Waals surface area contributed by atoms with E-state index in [1.54, 1.807) is 25.8 Å². The highest BCUT2D eigenvalue weighted by Crippen LogP contribution is 2.22. The molecule has 5 heteroatoms. The number of anilines is 1. The summed E-state index contributed by atoms with van der Waals surface area (Å²) in [5.41, 5.74) is 3.94. The number of nitrogens with zero attached hydrogens (tertiary/aromatic N) is 2. The molecule has 0 aliphatic carbocycles. The van der Waals surface area contributed by atoms with Gasteiger partial charge in [-0.1, -0.05) is 10.2 Å². The van der Waals surface area contributed by atoms with Gasteiger partial charge < -0.3 is 4.74 Å². The van der Waals surface area contributed by atoms with Gasteiger partial charge in [-0.3, -0.25) is 0 Å². The summed E-state index contributed by atoms with van der Waals surface area (Å²) in [5, 5.41) is 0. The summed E-state index contributed by atoms with van der Waals surface area (Å²) in [4.78, 5) is 3.92. The largest absolute Gasteiger partial charge is 0.497 e. The predicted octanol–water partition coefficient (Wildman–Crippen LogP) is 2.51. The van der Waals surface area contributed by atoms with E-state index in [1.165, 1.54) is 0 Å². The summed E-state index contributed by atoms with van der Waals surface area (Å²) in [6.07, 6.45) is 4.95. The fourth-order valence-electron chi connectivity index (χ4n) is 1.27. The van der Waals surface area contributed by atoms with Crippen LogP contribution in [0.4, 0.5) is 5.69 Å². The van der Waals surface area contributed by atoms with Crippen molar-refractivity contribution >= 4 is 23.8 Å². The third-order valence-electron chi connectivity index (χ3n) is 1.97. The highest BCUT2D eigenvalue weighted by atomic mass is 35.5. The zero-order valence-corrected chi connectivity index (χ0v) is 8.98. The summed E-state index contributed by atoms with van der Waals surface area (Å²) >= 11 is 6.15. The van der Waals surface area contributed by atoms with Gasteiger partial charge in [-0.2, -0.15) is 0 Å². The molecule has 0 saturated heterocycles. The second-order valence-electron chi connectivity index (χ2n) is 3.09. The minimum absolute atomic E-state index is 0.0623. The van der Waals surface area contributed by atoms with Gasteiger partial charge in [-0.05, 0) is 12.1 Å². The molecular formula is C10H11ClN3O+. The number of halogens is 1. The maximum absolute atomic E-state index is 6.15. The Labute approximate surface area is 93.1 Å². The number of hydrogen-bond acceptors (Lipinski definition) is 3. The summed E-state index contributed by atoms with van der Waals surface area (Å²) in [7, 11) is 1.63. The van der Waals surface area contributed by atoms with E-state index in [1.807, 2.05) is 24.3 Å². The van der Waals surface area contributed by atoms with Gasteiger partial charge in [0.25, 0.3) is 0 Å². The first-order valence-corrected chi connectivity index (χ1v) is 4.78. The quantitative estimate of drug-likeness (QED) is 0.801. The first-order chi connectivity index (χ1) is 7.22. The number of quaternary nitrogens is 1. The smallest absolute Gasteiger partial charge is 0.238 e. The van der Waals surface area contributed by atoms with E-state index in [0.29, 0.717) is 0 Å². The number of hydrogen-bond donors (Lipinski definition) is 1. The van der Waals surface area contributed by atoms with Gasteiger partial charge in [-0.15, -0.1) is 0 Å². The van der Waals surface area contributed by atoms with Gasteiger partial charge in [0.05, 0.1) is 19.0 Å². The average molecular weight is 225 g/mol. The van der Waals surface area contributed by atoms with Crippen LogP contribution in [-0.4, -0.2) is 17.6 Å². The van der Waals surface area contributed by atoms with Crippen molar-refractivity contribution in [3.63, 3.8) is 0 Å². The van der Waals surface area contributed by atoms with Gasteiger partial charge in [0.2, 0.25) is 18.1 Å². The number of aliphatic imine (C=N–C) groups is 1. The van der Waals surface area contributed by atoms with Crippen LogP contribution in [-0.2, 0) is 0 Å². The highest BCUT2D eigenvalue weighted by molar-refractivity contribution is 6.11. The van der Waals surface area contributed by atoms with E-state index in [2.05, 4.69) is 10.4 Å². The molecule has 0 fully saturated rings. The maximum atomic E-state index is 6.15. The molecule has 1 heterocycles. The molecule has 1 aromatic carbocycles. The summed E-state index contributed by atoms with van der Waals surface area (Å²) in [6.45, 7) is 0. The molecule has 0 spiro atoms. The Kier molecular flexibility index (Phi) is 2.62. The van der Waals surface area contributed by atoms with Crippen LogP contribution in [0.3, 0.4) is 0 Å². The molecule has 0 bridgehead atoms. The van der Waals surface area contributed by atoms with Crippen LogP contribution in [0.25, 0.3) is 0 Å². The van der Waals surface area contributed by atoms with Gasteiger partial charge in [0, 0.05) is 6.07 Å². The topological polar surface area (TPSA) is 33.6 Å². The highest BCUT2D eigenvalue weighted by Gasteiger charge is 2.24. The Morgan fingerprint density at radius 1 is 1.47 bits per heavy atom. The van der Waals surface area contributed by atoms with Crippen molar-refractivity contribution in [1.29, 1.82) is 0 Å². The average Bonchev–Trinajstić information content (AvgIpc) is 2.65. The predicted molar refractivity (Wildman–Crippen MR) is 60.4 cm³/mol. The summed E-state index contributed by atoms with van der Waals surface area (Å²) < 4.78 is 5.05. The lowest BCUT2D eigenvalue weighted by Crippen LogP contribution is -2.34. The second-order valence-corrected chi connectivity index (χ2v) is 3.65. The molecule has 4 nitrogen and oxygen atoms in total. The molecule has 1 aromatic rings. The summed E-state index contributed by atoms with van der Waals surface area (Å²) in [5.74, 6) is 0.781. The fourth-order valence-corrected chi connectivity index (χ4v) is 1.46. The van der Waals surface area contributed by atoms with E-state index >= 15 is 0 Å². The third-order valence-corrected chi connectivity index (χ3v) is 2.26. The molecule has 0 amide bonds. The summed E-state index contributed by atoms with van der Waals surface area (Å²) in [6, 6.07) is 7.53. The van der Waals surface area contributed by atoms with Crippen LogP contribution in [0, 0.1) is 0 Å². The van der Waals surface area contributed by atoms with Crippen LogP contribution in [0.1, 0.15) is 0 Å².